The van der Waals surface area contributed by atoms with Gasteiger partial charge in [0, 0.05) is 0 Å². The third-order valence-electron chi connectivity index (χ3n) is 1.70. The van der Waals surface area contributed by atoms with Crippen LogP contribution in [-0.4, -0.2) is 0 Å². The molecule has 0 atom stereocenters. The van der Waals surface area contributed by atoms with E-state index in [0.29, 0.717) is 11.3 Å². The first kappa shape index (κ1) is 8.78. The van der Waals surface area contributed by atoms with Gasteiger partial charge in [0.05, 0.1) is 5.56 Å². The highest BCUT2D eigenvalue weighted by Gasteiger charge is 2.06. The molecule has 0 aliphatic rings. The first-order chi connectivity index (χ1) is 5.52. The van der Waals surface area contributed by atoms with Gasteiger partial charge < -0.3 is 4.42 Å². The zero-order chi connectivity index (χ0) is 9.30. The normalized spacial score (nSPS) is 9.92. The fourth-order valence-corrected chi connectivity index (χ4v) is 1.28. The SMILES string of the molecule is C=C(C)c1c(C)cc(C)oc1=O. The van der Waals surface area contributed by atoms with Crippen LogP contribution in [0.2, 0.25) is 0 Å². The minimum absolute atomic E-state index is 0.292. The van der Waals surface area contributed by atoms with Gasteiger partial charge in [0.25, 0.3) is 0 Å². The molecule has 0 amide bonds. The summed E-state index contributed by atoms with van der Waals surface area (Å²) in [5, 5.41) is 0. The van der Waals surface area contributed by atoms with Crippen LogP contribution in [0.15, 0.2) is 21.9 Å². The van der Waals surface area contributed by atoms with Crippen LogP contribution in [0, 0.1) is 13.8 Å². The second-order valence-electron chi connectivity index (χ2n) is 2.98. The van der Waals surface area contributed by atoms with Gasteiger partial charge in [-0.3, -0.25) is 0 Å². The molecule has 0 radical (unpaired) electrons. The van der Waals surface area contributed by atoms with Gasteiger partial charge in [-0.15, -0.1) is 0 Å². The summed E-state index contributed by atoms with van der Waals surface area (Å²) in [6, 6.07) is 1.84. The molecule has 2 nitrogen and oxygen atoms in total. The lowest BCUT2D eigenvalue weighted by Gasteiger charge is -2.02. The summed E-state index contributed by atoms with van der Waals surface area (Å²) in [7, 11) is 0. The lowest BCUT2D eigenvalue weighted by molar-refractivity contribution is 0.476. The molecule has 1 heterocycles. The van der Waals surface area contributed by atoms with E-state index in [2.05, 4.69) is 6.58 Å². The van der Waals surface area contributed by atoms with E-state index >= 15 is 0 Å². The number of aryl methyl sites for hydroxylation is 2. The summed E-state index contributed by atoms with van der Waals surface area (Å²) in [5.74, 6) is 0.641. The Morgan fingerprint density at radius 1 is 1.50 bits per heavy atom. The average molecular weight is 164 g/mol. The second-order valence-corrected chi connectivity index (χ2v) is 2.98. The predicted molar refractivity (Wildman–Crippen MR) is 49.2 cm³/mol. The maximum atomic E-state index is 11.3. The maximum absolute atomic E-state index is 11.3. The van der Waals surface area contributed by atoms with E-state index in [1.165, 1.54) is 0 Å². The molecule has 12 heavy (non-hydrogen) atoms. The summed E-state index contributed by atoms with van der Waals surface area (Å²) >= 11 is 0. The Balaban J connectivity index is 3.49. The molecule has 0 fully saturated rings. The smallest absolute Gasteiger partial charge is 0.343 e. The van der Waals surface area contributed by atoms with Crippen molar-refractivity contribution in [1.29, 1.82) is 0 Å². The molecule has 0 saturated carbocycles. The Morgan fingerprint density at radius 2 is 2.08 bits per heavy atom. The zero-order valence-corrected chi connectivity index (χ0v) is 7.60. The second kappa shape index (κ2) is 2.97. The molecule has 0 saturated heterocycles. The van der Waals surface area contributed by atoms with Crippen molar-refractivity contribution >= 4 is 5.57 Å². The molecule has 1 aromatic rings. The average Bonchev–Trinajstić information content (AvgIpc) is 1.82. The Hall–Kier alpha value is -1.31. The van der Waals surface area contributed by atoms with Gasteiger partial charge in [0.2, 0.25) is 0 Å². The summed E-state index contributed by atoms with van der Waals surface area (Å²) in [6.07, 6.45) is 0. The van der Waals surface area contributed by atoms with Crippen LogP contribution in [0.1, 0.15) is 23.8 Å². The van der Waals surface area contributed by atoms with Crippen LogP contribution in [0.25, 0.3) is 5.57 Å². The lowest BCUT2D eigenvalue weighted by atomic mass is 10.1. The molecule has 0 N–H and O–H groups in total. The monoisotopic (exact) mass is 164 g/mol. The molecule has 0 bridgehead atoms. The lowest BCUT2D eigenvalue weighted by Crippen LogP contribution is -2.08. The van der Waals surface area contributed by atoms with Crippen LogP contribution >= 0.6 is 0 Å². The van der Waals surface area contributed by atoms with E-state index in [9.17, 15) is 4.79 Å². The summed E-state index contributed by atoms with van der Waals surface area (Å²) in [4.78, 5) is 11.3. The first-order valence-electron chi connectivity index (χ1n) is 3.79. The third kappa shape index (κ3) is 1.47. The largest absolute Gasteiger partial charge is 0.428 e. The van der Waals surface area contributed by atoms with E-state index in [1.807, 2.05) is 13.0 Å². The molecular formula is C10H12O2. The molecule has 0 spiro atoms. The van der Waals surface area contributed by atoms with Crippen molar-refractivity contribution in [1.82, 2.24) is 0 Å². The van der Waals surface area contributed by atoms with Crippen molar-refractivity contribution in [2.45, 2.75) is 20.8 Å². The van der Waals surface area contributed by atoms with E-state index in [4.69, 9.17) is 4.42 Å². The van der Waals surface area contributed by atoms with E-state index in [-0.39, 0.29) is 5.63 Å². The predicted octanol–water partition coefficient (Wildman–Crippen LogP) is 2.29. The van der Waals surface area contributed by atoms with Gasteiger partial charge >= 0.3 is 5.63 Å². The van der Waals surface area contributed by atoms with Gasteiger partial charge in [-0.2, -0.15) is 0 Å². The molecule has 64 valence electrons. The standard InChI is InChI=1S/C10H12O2/c1-6(2)9-7(3)5-8(4)12-10(9)11/h5H,1H2,2-4H3. The van der Waals surface area contributed by atoms with E-state index in [0.717, 1.165) is 11.1 Å². The van der Waals surface area contributed by atoms with E-state index in [1.54, 1.807) is 13.8 Å². The fourth-order valence-electron chi connectivity index (χ4n) is 1.28. The van der Waals surface area contributed by atoms with Crippen LogP contribution < -0.4 is 5.63 Å². The van der Waals surface area contributed by atoms with Crippen molar-refractivity contribution < 1.29 is 4.42 Å². The number of rotatable bonds is 1. The van der Waals surface area contributed by atoms with Crippen molar-refractivity contribution in [2.75, 3.05) is 0 Å². The molecule has 0 unspecified atom stereocenters. The van der Waals surface area contributed by atoms with Gasteiger partial charge in [-0.1, -0.05) is 6.58 Å². The fraction of sp³-hybridized carbons (Fsp3) is 0.300. The maximum Gasteiger partial charge on any atom is 0.343 e. The summed E-state index contributed by atoms with van der Waals surface area (Å²) in [5.41, 5.74) is 1.98. The summed E-state index contributed by atoms with van der Waals surface area (Å²) < 4.78 is 4.93. The van der Waals surface area contributed by atoms with Gasteiger partial charge in [-0.05, 0) is 38.0 Å². The molecule has 2 heteroatoms. The molecule has 1 rings (SSSR count). The quantitative estimate of drug-likeness (QED) is 0.637. The highest BCUT2D eigenvalue weighted by molar-refractivity contribution is 5.62. The highest BCUT2D eigenvalue weighted by atomic mass is 16.4. The van der Waals surface area contributed by atoms with Gasteiger partial charge in [-0.25, -0.2) is 4.79 Å². The molecule has 1 aromatic heterocycles. The van der Waals surface area contributed by atoms with Gasteiger partial charge in [0.1, 0.15) is 5.76 Å². The van der Waals surface area contributed by atoms with Crippen LogP contribution in [-0.2, 0) is 0 Å². The molecule has 0 aliphatic heterocycles. The minimum atomic E-state index is -0.292. The number of allylic oxidation sites excluding steroid dienone is 1. The number of hydrogen-bond acceptors (Lipinski definition) is 2. The highest BCUT2D eigenvalue weighted by Crippen LogP contribution is 2.12. The van der Waals surface area contributed by atoms with Crippen molar-refractivity contribution in [3.05, 3.63) is 40.0 Å². The third-order valence-corrected chi connectivity index (χ3v) is 1.70. The molecule has 0 aliphatic carbocycles. The molecule has 0 aromatic carbocycles. The topological polar surface area (TPSA) is 30.2 Å². The zero-order valence-electron chi connectivity index (χ0n) is 7.60. The minimum Gasteiger partial charge on any atom is -0.428 e. The van der Waals surface area contributed by atoms with Crippen molar-refractivity contribution in [2.24, 2.45) is 0 Å². The van der Waals surface area contributed by atoms with Crippen molar-refractivity contribution in [3.63, 3.8) is 0 Å². The first-order valence-corrected chi connectivity index (χ1v) is 3.79. The van der Waals surface area contributed by atoms with Crippen LogP contribution in [0.4, 0.5) is 0 Å². The number of hydrogen-bond donors (Lipinski definition) is 0. The van der Waals surface area contributed by atoms with Gasteiger partial charge in [0.15, 0.2) is 0 Å². The van der Waals surface area contributed by atoms with Crippen LogP contribution in [0.5, 0.6) is 0 Å². The Labute approximate surface area is 71.5 Å². The van der Waals surface area contributed by atoms with E-state index < -0.39 is 0 Å². The van der Waals surface area contributed by atoms with Crippen molar-refractivity contribution in [3.8, 4) is 0 Å². The summed E-state index contributed by atoms with van der Waals surface area (Å²) in [6.45, 7) is 9.16. The Bertz CT molecular complexity index is 372. The van der Waals surface area contributed by atoms with Crippen LogP contribution in [0.3, 0.4) is 0 Å². The molecular weight excluding hydrogens is 152 g/mol. The Morgan fingerprint density at radius 3 is 2.50 bits per heavy atom. The Kier molecular flexibility index (Phi) is 2.18.